The lowest BCUT2D eigenvalue weighted by Crippen LogP contribution is -2.51. The highest BCUT2D eigenvalue weighted by molar-refractivity contribution is 9.10. The highest BCUT2D eigenvalue weighted by Gasteiger charge is 2.36. The fourth-order valence-electron chi connectivity index (χ4n) is 3.62. The molecule has 0 unspecified atom stereocenters. The zero-order valence-corrected chi connectivity index (χ0v) is 18.2. The minimum Gasteiger partial charge on any atom is -0.472 e. The summed E-state index contributed by atoms with van der Waals surface area (Å²) >= 11 is 3.36. The van der Waals surface area contributed by atoms with E-state index in [0.29, 0.717) is 23.1 Å². The zero-order chi connectivity index (χ0) is 20.4. The average Bonchev–Trinajstić information content (AvgIpc) is 2.63. The SMILES string of the molecule is C[C@@H]1CN([C@H](C)CO)C(=O)c2cc(Br)cnc2O[C@H]1CN(C)C(=O)C1CCC1. The van der Waals surface area contributed by atoms with E-state index in [1.54, 1.807) is 22.1 Å². The van der Waals surface area contributed by atoms with Crippen molar-refractivity contribution in [3.63, 3.8) is 0 Å². The lowest BCUT2D eigenvalue weighted by Gasteiger charge is -2.38. The van der Waals surface area contributed by atoms with Gasteiger partial charge in [-0.2, -0.15) is 0 Å². The first kappa shape index (κ1) is 21.0. The summed E-state index contributed by atoms with van der Waals surface area (Å²) in [5.74, 6) is 0.305. The first-order valence-electron chi connectivity index (χ1n) is 9.80. The van der Waals surface area contributed by atoms with E-state index in [4.69, 9.17) is 4.74 Å². The summed E-state index contributed by atoms with van der Waals surface area (Å²) in [6.45, 7) is 4.56. The summed E-state index contributed by atoms with van der Waals surface area (Å²) in [7, 11) is 1.81. The third-order valence-corrected chi connectivity index (χ3v) is 6.21. The van der Waals surface area contributed by atoms with E-state index in [1.807, 2.05) is 20.9 Å². The number of hydrogen-bond donors (Lipinski definition) is 1. The van der Waals surface area contributed by atoms with E-state index >= 15 is 0 Å². The molecule has 3 rings (SSSR count). The molecule has 0 spiro atoms. The molecule has 1 N–H and O–H groups in total. The molecular weight excluding hydrogens is 426 g/mol. The molecule has 1 saturated carbocycles. The fraction of sp³-hybridized carbons (Fsp3) is 0.650. The number of nitrogens with zero attached hydrogens (tertiary/aromatic N) is 3. The molecule has 1 aliphatic carbocycles. The lowest BCUT2D eigenvalue weighted by atomic mass is 9.84. The number of pyridine rings is 1. The van der Waals surface area contributed by atoms with Crippen LogP contribution in [0.1, 0.15) is 43.5 Å². The van der Waals surface area contributed by atoms with Crippen LogP contribution in [0.2, 0.25) is 0 Å². The number of ether oxygens (including phenoxy) is 1. The van der Waals surface area contributed by atoms with Crippen LogP contribution in [0, 0.1) is 11.8 Å². The van der Waals surface area contributed by atoms with Gasteiger partial charge in [-0.05, 0) is 41.8 Å². The van der Waals surface area contributed by atoms with Crippen molar-refractivity contribution in [3.05, 3.63) is 22.3 Å². The van der Waals surface area contributed by atoms with Crippen LogP contribution in [0.15, 0.2) is 16.7 Å². The van der Waals surface area contributed by atoms with Crippen molar-refractivity contribution in [2.24, 2.45) is 11.8 Å². The molecule has 2 heterocycles. The van der Waals surface area contributed by atoms with Crippen LogP contribution < -0.4 is 4.74 Å². The Balaban J connectivity index is 1.87. The number of rotatable bonds is 5. The van der Waals surface area contributed by atoms with Gasteiger partial charge < -0.3 is 19.6 Å². The first-order chi connectivity index (χ1) is 13.3. The van der Waals surface area contributed by atoms with Crippen LogP contribution in [-0.2, 0) is 4.79 Å². The summed E-state index contributed by atoms with van der Waals surface area (Å²) in [6, 6.07) is 1.37. The second-order valence-corrected chi connectivity index (χ2v) is 8.89. The molecule has 3 atom stereocenters. The third kappa shape index (κ3) is 4.33. The largest absolute Gasteiger partial charge is 0.472 e. The summed E-state index contributed by atoms with van der Waals surface area (Å²) < 4.78 is 6.84. The molecule has 1 aromatic heterocycles. The van der Waals surface area contributed by atoms with Crippen LogP contribution in [0.25, 0.3) is 0 Å². The molecule has 0 aromatic carbocycles. The quantitative estimate of drug-likeness (QED) is 0.739. The molecule has 2 aliphatic rings. The Labute approximate surface area is 174 Å². The predicted molar refractivity (Wildman–Crippen MR) is 108 cm³/mol. The molecular formula is C20H28BrN3O4. The highest BCUT2D eigenvalue weighted by atomic mass is 79.9. The van der Waals surface area contributed by atoms with Gasteiger partial charge in [0.2, 0.25) is 11.8 Å². The van der Waals surface area contributed by atoms with Gasteiger partial charge in [-0.3, -0.25) is 9.59 Å². The lowest BCUT2D eigenvalue weighted by molar-refractivity contribution is -0.138. The van der Waals surface area contributed by atoms with Crippen molar-refractivity contribution in [1.29, 1.82) is 0 Å². The number of amides is 2. The Morgan fingerprint density at radius 1 is 1.50 bits per heavy atom. The van der Waals surface area contributed by atoms with E-state index in [0.717, 1.165) is 19.3 Å². The number of carbonyl (C=O) groups is 2. The Kier molecular flexibility index (Phi) is 6.60. The average molecular weight is 454 g/mol. The monoisotopic (exact) mass is 453 g/mol. The molecule has 7 nitrogen and oxygen atoms in total. The smallest absolute Gasteiger partial charge is 0.259 e. The Morgan fingerprint density at radius 2 is 2.21 bits per heavy atom. The summed E-state index contributed by atoms with van der Waals surface area (Å²) in [5.41, 5.74) is 0.361. The minimum atomic E-state index is -0.324. The van der Waals surface area contributed by atoms with Crippen LogP contribution in [0.3, 0.4) is 0 Å². The molecule has 2 amide bonds. The topological polar surface area (TPSA) is 83.0 Å². The molecule has 1 aliphatic heterocycles. The fourth-order valence-corrected chi connectivity index (χ4v) is 3.95. The maximum absolute atomic E-state index is 13.1. The van der Waals surface area contributed by atoms with E-state index in [1.165, 1.54) is 0 Å². The Morgan fingerprint density at radius 3 is 2.82 bits per heavy atom. The van der Waals surface area contributed by atoms with E-state index in [9.17, 15) is 14.7 Å². The van der Waals surface area contributed by atoms with Gasteiger partial charge in [-0.15, -0.1) is 0 Å². The minimum absolute atomic E-state index is 0.0341. The number of aliphatic hydroxyl groups is 1. The van der Waals surface area contributed by atoms with Crippen LogP contribution in [0.5, 0.6) is 5.88 Å². The van der Waals surface area contributed by atoms with Gasteiger partial charge in [0.05, 0.1) is 19.2 Å². The number of aliphatic hydroxyl groups excluding tert-OH is 1. The molecule has 154 valence electrons. The number of aromatic nitrogens is 1. The maximum Gasteiger partial charge on any atom is 0.259 e. The van der Waals surface area contributed by atoms with Crippen LogP contribution in [0.4, 0.5) is 0 Å². The molecule has 1 fully saturated rings. The predicted octanol–water partition coefficient (Wildman–Crippen LogP) is 2.32. The Bertz CT molecular complexity index is 740. The summed E-state index contributed by atoms with van der Waals surface area (Å²) in [6.07, 6.45) is 4.32. The van der Waals surface area contributed by atoms with Gasteiger partial charge in [0.25, 0.3) is 5.91 Å². The molecule has 1 aromatic rings. The van der Waals surface area contributed by atoms with Crippen molar-refractivity contribution >= 4 is 27.7 Å². The van der Waals surface area contributed by atoms with E-state index < -0.39 is 0 Å². The number of likely N-dealkylation sites (N-methyl/N-ethyl adjacent to an activating group) is 1. The standard InChI is InChI=1S/C20H28BrN3O4/c1-12-9-24(13(2)11-25)20(27)16-7-15(21)8-22-18(16)28-17(12)10-23(3)19(26)14-5-4-6-14/h7-8,12-14,17,25H,4-6,9-11H2,1-3H3/t12-,13-,17+/m1/s1. The molecule has 0 saturated heterocycles. The van der Waals surface area contributed by atoms with Crippen LogP contribution >= 0.6 is 15.9 Å². The Hall–Kier alpha value is -1.67. The zero-order valence-electron chi connectivity index (χ0n) is 16.6. The van der Waals surface area contributed by atoms with Gasteiger partial charge in [-0.25, -0.2) is 4.98 Å². The maximum atomic E-state index is 13.1. The first-order valence-corrected chi connectivity index (χ1v) is 10.6. The number of carbonyl (C=O) groups excluding carboxylic acids is 2. The van der Waals surface area contributed by atoms with Gasteiger partial charge in [0.1, 0.15) is 11.7 Å². The highest BCUT2D eigenvalue weighted by Crippen LogP contribution is 2.30. The summed E-state index contributed by atoms with van der Waals surface area (Å²) in [5, 5.41) is 9.63. The van der Waals surface area contributed by atoms with Gasteiger partial charge in [-0.1, -0.05) is 13.3 Å². The van der Waals surface area contributed by atoms with Gasteiger partial charge >= 0.3 is 0 Å². The second-order valence-electron chi connectivity index (χ2n) is 7.98. The van der Waals surface area contributed by atoms with Crippen molar-refractivity contribution in [1.82, 2.24) is 14.8 Å². The molecule has 28 heavy (non-hydrogen) atoms. The second kappa shape index (κ2) is 8.78. The summed E-state index contributed by atoms with van der Waals surface area (Å²) in [4.78, 5) is 33.4. The van der Waals surface area contributed by atoms with E-state index in [-0.39, 0.29) is 48.3 Å². The number of fused-ring (bicyclic) bond motifs is 1. The molecule has 0 bridgehead atoms. The van der Waals surface area contributed by atoms with Crippen LogP contribution in [-0.4, -0.2) is 70.6 Å². The number of halogens is 1. The van der Waals surface area contributed by atoms with Gasteiger partial charge in [0.15, 0.2) is 0 Å². The molecule has 8 heteroatoms. The third-order valence-electron chi connectivity index (χ3n) is 5.77. The van der Waals surface area contributed by atoms with Gasteiger partial charge in [0, 0.05) is 36.1 Å². The normalized spacial score (nSPS) is 23.8. The van der Waals surface area contributed by atoms with E-state index in [2.05, 4.69) is 20.9 Å². The molecule has 0 radical (unpaired) electrons. The van der Waals surface area contributed by atoms with Crippen molar-refractivity contribution in [2.45, 2.75) is 45.3 Å². The van der Waals surface area contributed by atoms with Crippen molar-refractivity contribution < 1.29 is 19.4 Å². The van der Waals surface area contributed by atoms with Crippen molar-refractivity contribution in [3.8, 4) is 5.88 Å². The number of hydrogen-bond acceptors (Lipinski definition) is 5. The van der Waals surface area contributed by atoms with Crippen molar-refractivity contribution in [2.75, 3.05) is 26.7 Å².